The van der Waals surface area contributed by atoms with Crippen LogP contribution in [-0.2, 0) is 13.1 Å². The monoisotopic (exact) mass is 401 g/mol. The predicted octanol–water partition coefficient (Wildman–Crippen LogP) is 3.89. The van der Waals surface area contributed by atoms with E-state index < -0.39 is 0 Å². The summed E-state index contributed by atoms with van der Waals surface area (Å²) in [5.41, 5.74) is 4.53. The van der Waals surface area contributed by atoms with Gasteiger partial charge in [0.15, 0.2) is 0 Å². The van der Waals surface area contributed by atoms with Gasteiger partial charge >= 0.3 is 0 Å². The normalized spacial score (nSPS) is 20.9. The number of carbonyl (C=O) groups excluding carboxylic acids is 1. The maximum absolute atomic E-state index is 13.3. The van der Waals surface area contributed by atoms with E-state index in [1.54, 1.807) is 7.11 Å². The molecule has 5 nitrogen and oxygen atoms in total. The molecular formula is C25H27N3O2. The molecule has 0 N–H and O–H groups in total. The van der Waals surface area contributed by atoms with E-state index in [0.717, 1.165) is 36.6 Å². The van der Waals surface area contributed by atoms with Crippen LogP contribution in [-0.4, -0.2) is 46.5 Å². The number of hydrogen-bond donors (Lipinski definition) is 0. The Morgan fingerprint density at radius 2 is 1.73 bits per heavy atom. The van der Waals surface area contributed by atoms with Crippen molar-refractivity contribution in [3.05, 3.63) is 89.2 Å². The third-order valence-electron chi connectivity index (χ3n) is 6.35. The van der Waals surface area contributed by atoms with Crippen LogP contribution in [0.2, 0.25) is 0 Å². The Hall–Kier alpha value is -3.05. The van der Waals surface area contributed by atoms with Gasteiger partial charge in [-0.15, -0.1) is 0 Å². The second kappa shape index (κ2) is 7.65. The van der Waals surface area contributed by atoms with Gasteiger partial charge in [-0.25, -0.2) is 0 Å². The molecule has 2 atom stereocenters. The van der Waals surface area contributed by atoms with Gasteiger partial charge in [0, 0.05) is 32.4 Å². The summed E-state index contributed by atoms with van der Waals surface area (Å²) in [6, 6.07) is 21.1. The van der Waals surface area contributed by atoms with Crippen molar-refractivity contribution in [1.82, 2.24) is 14.4 Å². The van der Waals surface area contributed by atoms with Crippen LogP contribution < -0.4 is 4.74 Å². The molecule has 0 saturated carbocycles. The molecule has 0 spiro atoms. The van der Waals surface area contributed by atoms with Crippen LogP contribution in [0.4, 0.5) is 0 Å². The average molecular weight is 402 g/mol. The number of fused-ring (bicyclic) bond motifs is 3. The lowest BCUT2D eigenvalue weighted by Crippen LogP contribution is -2.49. The lowest BCUT2D eigenvalue weighted by Gasteiger charge is -2.38. The first kappa shape index (κ1) is 18.9. The fourth-order valence-corrected chi connectivity index (χ4v) is 4.90. The zero-order valence-corrected chi connectivity index (χ0v) is 17.5. The third kappa shape index (κ3) is 3.39. The zero-order valence-electron chi connectivity index (χ0n) is 17.5. The van der Waals surface area contributed by atoms with Gasteiger partial charge in [0.2, 0.25) is 0 Å². The number of nitrogens with zero attached hydrogens (tertiary/aromatic N) is 3. The van der Waals surface area contributed by atoms with Crippen molar-refractivity contribution in [3.8, 4) is 5.75 Å². The molecule has 0 aliphatic carbocycles. The maximum Gasteiger partial charge on any atom is 0.271 e. The number of aromatic nitrogens is 1. The SMILES string of the molecule is COc1ccc(CN2C(=O)c3cccn3[C@@H]3CN(Cc4cccc(C)c4)C[C@@H]32)cc1. The van der Waals surface area contributed by atoms with Gasteiger partial charge in [-0.1, -0.05) is 42.0 Å². The molecule has 2 aliphatic heterocycles. The molecule has 2 aromatic carbocycles. The molecular weight excluding hydrogens is 374 g/mol. The summed E-state index contributed by atoms with van der Waals surface area (Å²) in [5.74, 6) is 0.954. The van der Waals surface area contributed by atoms with Crippen molar-refractivity contribution in [2.24, 2.45) is 0 Å². The summed E-state index contributed by atoms with van der Waals surface area (Å²) in [4.78, 5) is 17.9. The minimum atomic E-state index is 0.120. The fourth-order valence-electron chi connectivity index (χ4n) is 4.90. The maximum atomic E-state index is 13.3. The van der Waals surface area contributed by atoms with Gasteiger partial charge in [0.1, 0.15) is 11.4 Å². The van der Waals surface area contributed by atoms with Crippen LogP contribution in [0.15, 0.2) is 66.9 Å². The number of aryl methyl sites for hydroxylation is 1. The zero-order chi connectivity index (χ0) is 20.7. The highest BCUT2D eigenvalue weighted by atomic mass is 16.5. The van der Waals surface area contributed by atoms with Gasteiger partial charge in [-0.05, 0) is 42.3 Å². The summed E-state index contributed by atoms with van der Waals surface area (Å²) >= 11 is 0. The second-order valence-electron chi connectivity index (χ2n) is 8.40. The van der Waals surface area contributed by atoms with Crippen LogP contribution in [0.3, 0.4) is 0 Å². The number of likely N-dealkylation sites (tertiary alicyclic amines) is 1. The molecule has 1 saturated heterocycles. The summed E-state index contributed by atoms with van der Waals surface area (Å²) in [6.45, 7) is 5.50. The molecule has 5 heteroatoms. The Morgan fingerprint density at radius 1 is 0.933 bits per heavy atom. The summed E-state index contributed by atoms with van der Waals surface area (Å²) < 4.78 is 7.46. The number of rotatable bonds is 5. The minimum Gasteiger partial charge on any atom is -0.497 e. The van der Waals surface area contributed by atoms with Crippen LogP contribution in [0.1, 0.15) is 33.2 Å². The minimum absolute atomic E-state index is 0.120. The van der Waals surface area contributed by atoms with Crippen LogP contribution in [0, 0.1) is 6.92 Å². The average Bonchev–Trinajstić information content (AvgIpc) is 3.39. The van der Waals surface area contributed by atoms with E-state index in [4.69, 9.17) is 4.74 Å². The second-order valence-corrected chi connectivity index (χ2v) is 8.40. The van der Waals surface area contributed by atoms with Crippen molar-refractivity contribution >= 4 is 5.91 Å². The standard InChI is InChI=1S/C25H27N3O2/c1-18-5-3-6-20(13-18)14-26-16-23-24(17-26)28(25(29)22-7-4-12-27(22)23)15-19-8-10-21(30-2)11-9-19/h3-13,23-24H,14-17H2,1-2H3/t23-,24+/m1/s1. The molecule has 3 heterocycles. The predicted molar refractivity (Wildman–Crippen MR) is 117 cm³/mol. The Labute approximate surface area is 177 Å². The molecule has 30 heavy (non-hydrogen) atoms. The highest BCUT2D eigenvalue weighted by Gasteiger charge is 2.44. The number of carbonyl (C=O) groups is 1. The van der Waals surface area contributed by atoms with E-state index in [9.17, 15) is 4.79 Å². The highest BCUT2D eigenvalue weighted by molar-refractivity contribution is 5.94. The molecule has 154 valence electrons. The molecule has 0 unspecified atom stereocenters. The Bertz CT molecular complexity index is 1060. The van der Waals surface area contributed by atoms with Gasteiger partial charge in [-0.3, -0.25) is 9.69 Å². The molecule has 1 fully saturated rings. The number of methoxy groups -OCH3 is 1. The van der Waals surface area contributed by atoms with E-state index in [0.29, 0.717) is 6.54 Å². The largest absolute Gasteiger partial charge is 0.497 e. The lowest BCUT2D eigenvalue weighted by molar-refractivity contribution is 0.0556. The highest BCUT2D eigenvalue weighted by Crippen LogP contribution is 2.35. The number of benzene rings is 2. The number of amides is 1. The summed E-state index contributed by atoms with van der Waals surface area (Å²) in [5, 5.41) is 0. The first-order chi connectivity index (χ1) is 14.6. The number of ether oxygens (including phenoxy) is 1. The number of hydrogen-bond acceptors (Lipinski definition) is 3. The van der Waals surface area contributed by atoms with E-state index in [1.165, 1.54) is 11.1 Å². The molecule has 0 radical (unpaired) electrons. The van der Waals surface area contributed by atoms with Crippen LogP contribution in [0.25, 0.3) is 0 Å². The van der Waals surface area contributed by atoms with Gasteiger partial charge in [0.25, 0.3) is 5.91 Å². The Balaban J connectivity index is 1.41. The van der Waals surface area contributed by atoms with Crippen molar-refractivity contribution < 1.29 is 9.53 Å². The Kier molecular flexibility index (Phi) is 4.83. The lowest BCUT2D eigenvalue weighted by atomic mass is 10.0. The fraction of sp³-hybridized carbons (Fsp3) is 0.320. The molecule has 0 bridgehead atoms. The summed E-state index contributed by atoms with van der Waals surface area (Å²) in [6.07, 6.45) is 2.06. The molecule has 1 aromatic heterocycles. The summed E-state index contributed by atoms with van der Waals surface area (Å²) in [7, 11) is 1.67. The van der Waals surface area contributed by atoms with Gasteiger partial charge in [0.05, 0.1) is 19.2 Å². The van der Waals surface area contributed by atoms with E-state index in [2.05, 4.69) is 51.8 Å². The van der Waals surface area contributed by atoms with Gasteiger partial charge < -0.3 is 14.2 Å². The van der Waals surface area contributed by atoms with E-state index in [-0.39, 0.29) is 18.0 Å². The first-order valence-electron chi connectivity index (χ1n) is 10.5. The van der Waals surface area contributed by atoms with Crippen molar-refractivity contribution in [3.63, 3.8) is 0 Å². The van der Waals surface area contributed by atoms with Crippen molar-refractivity contribution in [2.45, 2.75) is 32.1 Å². The van der Waals surface area contributed by atoms with Gasteiger partial charge in [-0.2, -0.15) is 0 Å². The van der Waals surface area contributed by atoms with Crippen molar-refractivity contribution in [1.29, 1.82) is 0 Å². The quantitative estimate of drug-likeness (QED) is 0.651. The van der Waals surface area contributed by atoms with Crippen LogP contribution >= 0.6 is 0 Å². The molecule has 3 aromatic rings. The van der Waals surface area contributed by atoms with Crippen molar-refractivity contribution in [2.75, 3.05) is 20.2 Å². The van der Waals surface area contributed by atoms with E-state index >= 15 is 0 Å². The first-order valence-corrected chi connectivity index (χ1v) is 10.5. The van der Waals surface area contributed by atoms with E-state index in [1.807, 2.05) is 36.4 Å². The Morgan fingerprint density at radius 3 is 2.50 bits per heavy atom. The molecule has 2 aliphatic rings. The topological polar surface area (TPSA) is 37.7 Å². The molecule has 5 rings (SSSR count). The van der Waals surface area contributed by atoms with Crippen LogP contribution in [0.5, 0.6) is 5.75 Å². The molecule has 1 amide bonds. The third-order valence-corrected chi connectivity index (χ3v) is 6.35. The smallest absolute Gasteiger partial charge is 0.271 e.